The summed E-state index contributed by atoms with van der Waals surface area (Å²) >= 11 is 0. The SMILES string of the molecule is CCOc1ccc(N2C(=O)NC(=O)/C(=C\c3ccc(OCC(=O)Nc4ccc(OC)cc4)cc3)C2=O)cc1. The number of urea groups is 1. The number of ether oxygens (including phenoxy) is 3. The van der Waals surface area contributed by atoms with E-state index < -0.39 is 17.8 Å². The molecular weight excluding hydrogens is 490 g/mol. The van der Waals surface area contributed by atoms with Crippen molar-refractivity contribution < 1.29 is 33.4 Å². The lowest BCUT2D eigenvalue weighted by molar-refractivity contribution is -0.122. The van der Waals surface area contributed by atoms with Gasteiger partial charge in [0.25, 0.3) is 17.7 Å². The van der Waals surface area contributed by atoms with Crippen LogP contribution in [0.25, 0.3) is 6.08 Å². The minimum atomic E-state index is -0.835. The van der Waals surface area contributed by atoms with Gasteiger partial charge in [-0.2, -0.15) is 0 Å². The van der Waals surface area contributed by atoms with Gasteiger partial charge >= 0.3 is 6.03 Å². The third kappa shape index (κ3) is 6.16. The number of barbiturate groups is 1. The van der Waals surface area contributed by atoms with E-state index >= 15 is 0 Å². The first-order valence-electron chi connectivity index (χ1n) is 11.7. The molecule has 1 aliphatic heterocycles. The predicted octanol–water partition coefficient (Wildman–Crippen LogP) is 3.78. The molecule has 0 aromatic heterocycles. The predicted molar refractivity (Wildman–Crippen MR) is 140 cm³/mol. The van der Waals surface area contributed by atoms with Crippen molar-refractivity contribution in [3.63, 3.8) is 0 Å². The van der Waals surface area contributed by atoms with E-state index in [0.29, 0.717) is 40.8 Å². The Bertz CT molecular complexity index is 1370. The molecule has 1 fully saturated rings. The molecule has 1 aliphatic rings. The lowest BCUT2D eigenvalue weighted by Gasteiger charge is -2.26. The maximum atomic E-state index is 13.1. The first-order chi connectivity index (χ1) is 18.4. The highest BCUT2D eigenvalue weighted by Crippen LogP contribution is 2.25. The van der Waals surface area contributed by atoms with Crippen LogP contribution in [0.15, 0.2) is 78.4 Å². The van der Waals surface area contributed by atoms with E-state index in [0.717, 1.165) is 4.90 Å². The van der Waals surface area contributed by atoms with Crippen LogP contribution in [-0.2, 0) is 14.4 Å². The molecule has 5 amide bonds. The van der Waals surface area contributed by atoms with Gasteiger partial charge in [0.15, 0.2) is 6.61 Å². The van der Waals surface area contributed by atoms with E-state index in [1.54, 1.807) is 79.9 Å². The van der Waals surface area contributed by atoms with Crippen molar-refractivity contribution in [2.24, 2.45) is 0 Å². The molecule has 0 radical (unpaired) electrons. The van der Waals surface area contributed by atoms with Crippen LogP contribution in [0.3, 0.4) is 0 Å². The summed E-state index contributed by atoms with van der Waals surface area (Å²) in [7, 11) is 1.56. The molecule has 0 spiro atoms. The number of hydrogen-bond acceptors (Lipinski definition) is 7. The molecule has 1 heterocycles. The number of anilines is 2. The molecule has 4 rings (SSSR count). The average molecular weight is 516 g/mol. The molecule has 2 N–H and O–H groups in total. The largest absolute Gasteiger partial charge is 0.497 e. The normalized spacial score (nSPS) is 14.2. The second-order valence-corrected chi connectivity index (χ2v) is 8.02. The summed E-state index contributed by atoms with van der Waals surface area (Å²) in [5, 5.41) is 4.91. The van der Waals surface area contributed by atoms with E-state index in [9.17, 15) is 19.2 Å². The summed E-state index contributed by atoms with van der Waals surface area (Å²) in [4.78, 5) is 50.9. The van der Waals surface area contributed by atoms with Gasteiger partial charge in [-0.3, -0.25) is 19.7 Å². The minimum absolute atomic E-state index is 0.203. The molecule has 0 bridgehead atoms. The van der Waals surface area contributed by atoms with Gasteiger partial charge in [-0.1, -0.05) is 12.1 Å². The Labute approximate surface area is 218 Å². The quantitative estimate of drug-likeness (QED) is 0.328. The number of hydrogen-bond donors (Lipinski definition) is 2. The fourth-order valence-corrected chi connectivity index (χ4v) is 3.60. The molecule has 0 unspecified atom stereocenters. The molecule has 3 aromatic rings. The number of imide groups is 2. The molecular formula is C28H25N3O7. The Hall–Kier alpha value is -5.12. The van der Waals surface area contributed by atoms with Gasteiger partial charge in [0, 0.05) is 5.69 Å². The van der Waals surface area contributed by atoms with E-state index in [1.807, 2.05) is 6.92 Å². The van der Waals surface area contributed by atoms with Gasteiger partial charge in [-0.15, -0.1) is 0 Å². The molecule has 194 valence electrons. The summed E-state index contributed by atoms with van der Waals surface area (Å²) in [6, 6.07) is 18.9. The van der Waals surface area contributed by atoms with E-state index in [2.05, 4.69) is 10.6 Å². The van der Waals surface area contributed by atoms with Crippen molar-refractivity contribution in [3.05, 3.63) is 83.9 Å². The summed E-state index contributed by atoms with van der Waals surface area (Å²) < 4.78 is 16.0. The summed E-state index contributed by atoms with van der Waals surface area (Å²) in [6.45, 7) is 2.11. The second-order valence-electron chi connectivity index (χ2n) is 8.02. The second kappa shape index (κ2) is 11.7. The lowest BCUT2D eigenvalue weighted by Crippen LogP contribution is -2.54. The number of rotatable bonds is 9. The van der Waals surface area contributed by atoms with Crippen molar-refractivity contribution in [1.82, 2.24) is 5.32 Å². The third-order valence-corrected chi connectivity index (χ3v) is 5.44. The molecule has 0 atom stereocenters. The topological polar surface area (TPSA) is 123 Å². The Morgan fingerprint density at radius 2 is 1.47 bits per heavy atom. The van der Waals surface area contributed by atoms with Gasteiger partial charge in [-0.25, -0.2) is 9.69 Å². The van der Waals surface area contributed by atoms with Gasteiger partial charge in [0.05, 0.1) is 19.4 Å². The number of carbonyl (C=O) groups is 4. The fraction of sp³-hybridized carbons (Fsp3) is 0.143. The number of methoxy groups -OCH3 is 1. The van der Waals surface area contributed by atoms with Gasteiger partial charge in [-0.05, 0) is 79.2 Å². The Balaban J connectivity index is 1.40. The summed E-state index contributed by atoms with van der Waals surface area (Å²) in [6.07, 6.45) is 1.38. The third-order valence-electron chi connectivity index (χ3n) is 5.44. The van der Waals surface area contributed by atoms with E-state index in [4.69, 9.17) is 14.2 Å². The average Bonchev–Trinajstić information content (AvgIpc) is 2.92. The summed E-state index contributed by atoms with van der Waals surface area (Å²) in [5.41, 5.74) is 1.23. The highest BCUT2D eigenvalue weighted by Gasteiger charge is 2.36. The zero-order valence-corrected chi connectivity index (χ0v) is 20.7. The number of nitrogens with zero attached hydrogens (tertiary/aromatic N) is 1. The Morgan fingerprint density at radius 3 is 2.11 bits per heavy atom. The van der Waals surface area contributed by atoms with E-state index in [-0.39, 0.29) is 18.1 Å². The first kappa shape index (κ1) is 26.0. The van der Waals surface area contributed by atoms with Crippen LogP contribution in [-0.4, -0.2) is 44.1 Å². The molecule has 1 saturated heterocycles. The van der Waals surface area contributed by atoms with Crippen LogP contribution in [0, 0.1) is 0 Å². The fourth-order valence-electron chi connectivity index (χ4n) is 3.60. The molecule has 0 saturated carbocycles. The Morgan fingerprint density at radius 1 is 0.868 bits per heavy atom. The van der Waals surface area contributed by atoms with Crippen LogP contribution < -0.4 is 29.7 Å². The van der Waals surface area contributed by atoms with Crippen molar-refractivity contribution >= 4 is 41.2 Å². The zero-order valence-electron chi connectivity index (χ0n) is 20.7. The van der Waals surface area contributed by atoms with Crippen LogP contribution in [0.4, 0.5) is 16.2 Å². The van der Waals surface area contributed by atoms with Gasteiger partial charge in [0.1, 0.15) is 22.8 Å². The zero-order chi connectivity index (χ0) is 27.1. The van der Waals surface area contributed by atoms with Gasteiger partial charge in [0.2, 0.25) is 0 Å². The monoisotopic (exact) mass is 515 g/mol. The molecule has 10 heteroatoms. The lowest BCUT2D eigenvalue weighted by atomic mass is 10.1. The van der Waals surface area contributed by atoms with Crippen LogP contribution in [0.2, 0.25) is 0 Å². The minimum Gasteiger partial charge on any atom is -0.497 e. The van der Waals surface area contributed by atoms with Crippen LogP contribution in [0.5, 0.6) is 17.2 Å². The smallest absolute Gasteiger partial charge is 0.335 e. The number of carbonyl (C=O) groups excluding carboxylic acids is 4. The number of amides is 5. The van der Waals surface area contributed by atoms with Crippen molar-refractivity contribution in [2.75, 3.05) is 30.5 Å². The molecule has 38 heavy (non-hydrogen) atoms. The summed E-state index contributed by atoms with van der Waals surface area (Å²) in [5.74, 6) is -0.200. The number of benzene rings is 3. The maximum Gasteiger partial charge on any atom is 0.335 e. The van der Waals surface area contributed by atoms with Crippen LogP contribution >= 0.6 is 0 Å². The van der Waals surface area contributed by atoms with Crippen molar-refractivity contribution in [1.29, 1.82) is 0 Å². The maximum absolute atomic E-state index is 13.1. The molecule has 3 aromatic carbocycles. The van der Waals surface area contributed by atoms with Crippen LogP contribution in [0.1, 0.15) is 12.5 Å². The Kier molecular flexibility index (Phi) is 8.02. The number of nitrogens with one attached hydrogen (secondary N) is 2. The highest BCUT2D eigenvalue weighted by molar-refractivity contribution is 6.39. The highest BCUT2D eigenvalue weighted by atomic mass is 16.5. The molecule has 0 aliphatic carbocycles. The first-order valence-corrected chi connectivity index (χ1v) is 11.7. The van der Waals surface area contributed by atoms with Crippen molar-refractivity contribution in [3.8, 4) is 17.2 Å². The van der Waals surface area contributed by atoms with Gasteiger partial charge < -0.3 is 19.5 Å². The standard InChI is InChI=1S/C28H25N3O7/c1-3-37-22-14-8-20(9-15-22)31-27(34)24(26(33)30-28(31)35)16-18-4-10-23(11-5-18)38-17-25(32)29-19-6-12-21(36-2)13-7-19/h4-16H,3,17H2,1-2H3,(H,29,32)(H,30,33,35)/b24-16+. The van der Waals surface area contributed by atoms with E-state index in [1.165, 1.54) is 6.08 Å². The van der Waals surface area contributed by atoms with Crippen molar-refractivity contribution in [2.45, 2.75) is 6.92 Å². The molecule has 10 nitrogen and oxygen atoms in total.